The van der Waals surface area contributed by atoms with E-state index >= 15 is 0 Å². The van der Waals surface area contributed by atoms with Crippen LogP contribution in [-0.2, 0) is 12.8 Å². The van der Waals surface area contributed by atoms with Crippen LogP contribution in [0.1, 0.15) is 38.3 Å². The Bertz CT molecular complexity index is 1280. The van der Waals surface area contributed by atoms with E-state index in [0.29, 0.717) is 0 Å². The average Bonchev–Trinajstić information content (AvgIpc) is 3.16. The third kappa shape index (κ3) is 4.92. The molecule has 174 valence electrons. The molecule has 4 aromatic rings. The molecule has 1 aromatic heterocycles. The highest BCUT2D eigenvalue weighted by Crippen LogP contribution is 2.24. The first-order valence-electron chi connectivity index (χ1n) is 12.3. The van der Waals surface area contributed by atoms with E-state index in [2.05, 4.69) is 84.4 Å². The second-order valence-electron chi connectivity index (χ2n) is 9.50. The maximum absolute atomic E-state index is 13.2. The zero-order valence-electron chi connectivity index (χ0n) is 20.2. The number of piperazine rings is 1. The Morgan fingerprint density at radius 1 is 0.824 bits per heavy atom. The molecule has 0 aliphatic carbocycles. The summed E-state index contributed by atoms with van der Waals surface area (Å²) in [5.41, 5.74) is 8.33. The molecule has 0 bridgehead atoms. The number of amides is 1. The van der Waals surface area contributed by atoms with Crippen molar-refractivity contribution < 1.29 is 4.79 Å². The van der Waals surface area contributed by atoms with Crippen LogP contribution in [0.5, 0.6) is 0 Å². The number of fused-ring (bicyclic) bond motifs is 1. The zero-order chi connectivity index (χ0) is 23.5. The number of benzene rings is 3. The number of rotatable bonds is 6. The summed E-state index contributed by atoms with van der Waals surface area (Å²) in [6.07, 6.45) is 1.89. The molecule has 1 fully saturated rings. The van der Waals surface area contributed by atoms with Gasteiger partial charge in [-0.3, -0.25) is 9.69 Å². The summed E-state index contributed by atoms with van der Waals surface area (Å²) < 4.78 is 0. The first-order chi connectivity index (χ1) is 16.6. The number of aromatic amines is 1. The molecule has 1 amide bonds. The molecule has 0 saturated carbocycles. The van der Waals surface area contributed by atoms with E-state index in [1.54, 1.807) is 0 Å². The second-order valence-corrected chi connectivity index (χ2v) is 9.50. The highest BCUT2D eigenvalue weighted by molar-refractivity contribution is 5.94. The lowest BCUT2D eigenvalue weighted by atomic mass is 10.0. The number of nitrogens with zero attached hydrogens (tertiary/aromatic N) is 2. The van der Waals surface area contributed by atoms with Gasteiger partial charge in [0.2, 0.25) is 0 Å². The maximum Gasteiger partial charge on any atom is 0.253 e. The number of aryl methyl sites for hydroxylation is 2. The van der Waals surface area contributed by atoms with Crippen molar-refractivity contribution in [1.82, 2.24) is 14.8 Å². The molecular weight excluding hydrogens is 418 g/mol. The largest absolute Gasteiger partial charge is 0.358 e. The maximum atomic E-state index is 13.2. The van der Waals surface area contributed by atoms with Crippen LogP contribution in [0.3, 0.4) is 0 Å². The van der Waals surface area contributed by atoms with Crippen LogP contribution in [0.4, 0.5) is 0 Å². The molecule has 1 aliphatic rings. The van der Waals surface area contributed by atoms with Crippen molar-refractivity contribution in [3.8, 4) is 0 Å². The van der Waals surface area contributed by atoms with E-state index in [1.165, 1.54) is 38.9 Å². The summed E-state index contributed by atoms with van der Waals surface area (Å²) in [6, 6.07) is 25.4. The van der Waals surface area contributed by atoms with Gasteiger partial charge in [0.25, 0.3) is 5.91 Å². The summed E-state index contributed by atoms with van der Waals surface area (Å²) in [5.74, 6) is 0.150. The Morgan fingerprint density at radius 2 is 1.56 bits per heavy atom. The minimum absolute atomic E-state index is 0.150. The topological polar surface area (TPSA) is 39.3 Å². The fourth-order valence-electron chi connectivity index (χ4n) is 4.96. The number of carbonyl (C=O) groups excluding carboxylic acids is 1. The number of H-pyrrole nitrogens is 1. The standard InChI is InChI=1S/C30H33N3O/c1-22-23(2)31-29-12-11-26(21-28(22)29)19-25-9-6-10-27(20-25)30(34)33-17-15-32(16-18-33)14-13-24-7-4-3-5-8-24/h3-12,20-21,31H,13-19H2,1-2H3. The van der Waals surface area contributed by atoms with E-state index in [0.717, 1.165) is 51.1 Å². The quantitative estimate of drug-likeness (QED) is 0.428. The van der Waals surface area contributed by atoms with Crippen molar-refractivity contribution in [2.45, 2.75) is 26.7 Å². The van der Waals surface area contributed by atoms with Crippen LogP contribution in [0.2, 0.25) is 0 Å². The number of carbonyl (C=O) groups is 1. The van der Waals surface area contributed by atoms with E-state index < -0.39 is 0 Å². The van der Waals surface area contributed by atoms with Crippen molar-refractivity contribution in [3.63, 3.8) is 0 Å². The molecular formula is C30H33N3O. The summed E-state index contributed by atoms with van der Waals surface area (Å²) in [4.78, 5) is 21.1. The monoisotopic (exact) mass is 451 g/mol. The van der Waals surface area contributed by atoms with Gasteiger partial charge in [-0.2, -0.15) is 0 Å². The molecule has 3 aromatic carbocycles. The third-order valence-electron chi connectivity index (χ3n) is 7.17. The Hall–Kier alpha value is -3.37. The van der Waals surface area contributed by atoms with Gasteiger partial charge in [-0.1, -0.05) is 48.5 Å². The van der Waals surface area contributed by atoms with Crippen LogP contribution >= 0.6 is 0 Å². The Labute approximate surface area is 202 Å². The Morgan fingerprint density at radius 3 is 2.35 bits per heavy atom. The van der Waals surface area contributed by atoms with Gasteiger partial charge in [-0.25, -0.2) is 0 Å². The van der Waals surface area contributed by atoms with Crippen LogP contribution in [-0.4, -0.2) is 53.4 Å². The molecule has 0 spiro atoms. The normalized spacial score (nSPS) is 14.6. The van der Waals surface area contributed by atoms with Gasteiger partial charge in [0.05, 0.1) is 0 Å². The molecule has 4 nitrogen and oxygen atoms in total. The van der Waals surface area contributed by atoms with Gasteiger partial charge in [0, 0.05) is 54.9 Å². The van der Waals surface area contributed by atoms with Crippen molar-refractivity contribution in [2.24, 2.45) is 0 Å². The second kappa shape index (κ2) is 9.86. The molecule has 4 heteroatoms. The summed E-state index contributed by atoms with van der Waals surface area (Å²) in [7, 11) is 0. The van der Waals surface area contributed by atoms with Crippen LogP contribution in [0.15, 0.2) is 72.8 Å². The predicted molar refractivity (Wildman–Crippen MR) is 140 cm³/mol. The third-order valence-corrected chi connectivity index (χ3v) is 7.17. The zero-order valence-corrected chi connectivity index (χ0v) is 20.2. The lowest BCUT2D eigenvalue weighted by Gasteiger charge is -2.34. The number of hydrogen-bond donors (Lipinski definition) is 1. The summed E-state index contributed by atoms with van der Waals surface area (Å²) in [6.45, 7) is 8.79. The first-order valence-corrected chi connectivity index (χ1v) is 12.3. The average molecular weight is 452 g/mol. The molecule has 34 heavy (non-hydrogen) atoms. The lowest BCUT2D eigenvalue weighted by Crippen LogP contribution is -2.49. The molecule has 0 unspecified atom stereocenters. The Balaban J connectivity index is 1.20. The fourth-order valence-corrected chi connectivity index (χ4v) is 4.96. The van der Waals surface area contributed by atoms with Crippen molar-refractivity contribution >= 4 is 16.8 Å². The van der Waals surface area contributed by atoms with Gasteiger partial charge < -0.3 is 9.88 Å². The first kappa shape index (κ1) is 22.4. The van der Waals surface area contributed by atoms with Gasteiger partial charge in [0.15, 0.2) is 0 Å². The lowest BCUT2D eigenvalue weighted by molar-refractivity contribution is 0.0638. The van der Waals surface area contributed by atoms with Gasteiger partial charge in [-0.05, 0) is 73.2 Å². The van der Waals surface area contributed by atoms with Crippen molar-refractivity contribution in [2.75, 3.05) is 32.7 Å². The number of aromatic nitrogens is 1. The predicted octanol–water partition coefficient (Wildman–Crippen LogP) is 5.38. The molecule has 0 radical (unpaired) electrons. The minimum atomic E-state index is 0.150. The van der Waals surface area contributed by atoms with E-state index in [1.807, 2.05) is 17.0 Å². The van der Waals surface area contributed by atoms with E-state index in [4.69, 9.17) is 0 Å². The number of nitrogens with one attached hydrogen (secondary N) is 1. The van der Waals surface area contributed by atoms with Gasteiger partial charge in [-0.15, -0.1) is 0 Å². The van der Waals surface area contributed by atoms with E-state index in [-0.39, 0.29) is 5.91 Å². The smallest absolute Gasteiger partial charge is 0.253 e. The van der Waals surface area contributed by atoms with Gasteiger partial charge in [0.1, 0.15) is 0 Å². The fraction of sp³-hybridized carbons (Fsp3) is 0.300. The summed E-state index contributed by atoms with van der Waals surface area (Å²) >= 11 is 0. The SMILES string of the molecule is Cc1[nH]c2ccc(Cc3cccc(C(=O)N4CCN(CCc5ccccc5)CC4)c3)cc2c1C. The van der Waals surface area contributed by atoms with Gasteiger partial charge >= 0.3 is 0 Å². The molecule has 5 rings (SSSR count). The Kier molecular flexibility index (Phi) is 6.50. The number of hydrogen-bond acceptors (Lipinski definition) is 2. The molecule has 1 N–H and O–H groups in total. The molecule has 1 aliphatic heterocycles. The summed E-state index contributed by atoms with van der Waals surface area (Å²) in [5, 5.41) is 1.28. The molecule has 0 atom stereocenters. The molecule has 2 heterocycles. The highest BCUT2D eigenvalue weighted by Gasteiger charge is 2.22. The van der Waals surface area contributed by atoms with Crippen LogP contribution < -0.4 is 0 Å². The highest BCUT2D eigenvalue weighted by atomic mass is 16.2. The van der Waals surface area contributed by atoms with E-state index in [9.17, 15) is 4.79 Å². The van der Waals surface area contributed by atoms with Crippen molar-refractivity contribution in [3.05, 3.63) is 106 Å². The molecule has 1 saturated heterocycles. The minimum Gasteiger partial charge on any atom is -0.358 e. The van der Waals surface area contributed by atoms with Crippen LogP contribution in [0, 0.1) is 13.8 Å². The van der Waals surface area contributed by atoms with Crippen LogP contribution in [0.25, 0.3) is 10.9 Å². The van der Waals surface area contributed by atoms with Crippen molar-refractivity contribution in [1.29, 1.82) is 0 Å².